The first-order valence-electron chi connectivity index (χ1n) is 4.81. The second-order valence-electron chi connectivity index (χ2n) is 3.59. The van der Waals surface area contributed by atoms with Crippen molar-refractivity contribution in [2.45, 2.75) is 13.3 Å². The lowest BCUT2D eigenvalue weighted by Gasteiger charge is -2.14. The van der Waals surface area contributed by atoms with Crippen LogP contribution in [0.4, 0.5) is 4.39 Å². The quantitative estimate of drug-likeness (QED) is 0.917. The Labute approximate surface area is 97.7 Å². The van der Waals surface area contributed by atoms with E-state index in [2.05, 4.69) is 15.9 Å². The molecule has 0 bridgehead atoms. The topological polar surface area (TPSA) is 35.2 Å². The first kappa shape index (κ1) is 12.5. The Morgan fingerprint density at radius 3 is 2.73 bits per heavy atom. The zero-order chi connectivity index (χ0) is 11.4. The third kappa shape index (κ3) is 2.92. The molecule has 2 nitrogen and oxygen atoms in total. The molecule has 1 rings (SSSR count). The minimum atomic E-state index is -0.333. The van der Waals surface area contributed by atoms with Crippen LogP contribution in [0.2, 0.25) is 0 Å². The molecule has 0 aliphatic heterocycles. The van der Waals surface area contributed by atoms with Crippen LogP contribution in [0.25, 0.3) is 0 Å². The average molecular weight is 276 g/mol. The number of benzene rings is 1. The molecule has 0 radical (unpaired) electrons. The Balaban J connectivity index is 3.08. The molecule has 0 saturated heterocycles. The van der Waals surface area contributed by atoms with Crippen LogP contribution in [0.15, 0.2) is 16.6 Å². The van der Waals surface area contributed by atoms with Gasteiger partial charge in [0.25, 0.3) is 0 Å². The fraction of sp³-hybridized carbons (Fsp3) is 0.455. The SMILES string of the molecule is COc1c(F)ccc(Br)c1CC(C)CN. The van der Waals surface area contributed by atoms with Crippen LogP contribution in [0.3, 0.4) is 0 Å². The molecule has 0 saturated carbocycles. The van der Waals surface area contributed by atoms with E-state index in [-0.39, 0.29) is 5.82 Å². The first-order valence-corrected chi connectivity index (χ1v) is 5.60. The van der Waals surface area contributed by atoms with Crippen molar-refractivity contribution in [3.8, 4) is 5.75 Å². The van der Waals surface area contributed by atoms with Gasteiger partial charge in [0, 0.05) is 10.0 Å². The van der Waals surface area contributed by atoms with Gasteiger partial charge in [-0.25, -0.2) is 4.39 Å². The van der Waals surface area contributed by atoms with Crippen LogP contribution in [0.5, 0.6) is 5.75 Å². The Hall–Kier alpha value is -0.610. The lowest BCUT2D eigenvalue weighted by atomic mass is 10.0. The maximum absolute atomic E-state index is 13.4. The van der Waals surface area contributed by atoms with Crippen molar-refractivity contribution in [2.24, 2.45) is 11.7 Å². The molecule has 4 heteroatoms. The molecule has 1 atom stereocenters. The standard InChI is InChI=1S/C11H15BrFNO/c1-7(6-14)5-8-9(12)3-4-10(13)11(8)15-2/h3-4,7H,5-6,14H2,1-2H3. The molecule has 84 valence electrons. The third-order valence-corrected chi connectivity index (χ3v) is 3.06. The summed E-state index contributed by atoms with van der Waals surface area (Å²) in [6, 6.07) is 3.08. The van der Waals surface area contributed by atoms with E-state index < -0.39 is 0 Å². The molecule has 0 heterocycles. The number of ether oxygens (including phenoxy) is 1. The first-order chi connectivity index (χ1) is 7.10. The van der Waals surface area contributed by atoms with Crippen molar-refractivity contribution in [2.75, 3.05) is 13.7 Å². The van der Waals surface area contributed by atoms with Crippen LogP contribution in [0.1, 0.15) is 12.5 Å². The Kier molecular flexibility index (Phi) is 4.54. The summed E-state index contributed by atoms with van der Waals surface area (Å²) in [5, 5.41) is 0. The van der Waals surface area contributed by atoms with E-state index in [1.165, 1.54) is 13.2 Å². The number of hydrogen-bond acceptors (Lipinski definition) is 2. The maximum Gasteiger partial charge on any atom is 0.165 e. The van der Waals surface area contributed by atoms with Gasteiger partial charge < -0.3 is 10.5 Å². The van der Waals surface area contributed by atoms with Gasteiger partial charge in [-0.1, -0.05) is 22.9 Å². The van der Waals surface area contributed by atoms with Crippen LogP contribution >= 0.6 is 15.9 Å². The van der Waals surface area contributed by atoms with Gasteiger partial charge in [0.15, 0.2) is 11.6 Å². The van der Waals surface area contributed by atoms with Crippen LogP contribution in [-0.4, -0.2) is 13.7 Å². The maximum atomic E-state index is 13.4. The van der Waals surface area contributed by atoms with E-state index in [1.807, 2.05) is 6.92 Å². The van der Waals surface area contributed by atoms with Crippen molar-refractivity contribution >= 4 is 15.9 Å². The van der Waals surface area contributed by atoms with Crippen LogP contribution in [0, 0.1) is 11.7 Å². The highest BCUT2D eigenvalue weighted by Gasteiger charge is 2.14. The number of nitrogens with two attached hydrogens (primary N) is 1. The summed E-state index contributed by atoms with van der Waals surface area (Å²) < 4.78 is 19.3. The van der Waals surface area contributed by atoms with Gasteiger partial charge >= 0.3 is 0 Å². The largest absolute Gasteiger partial charge is 0.493 e. The average Bonchev–Trinajstić information content (AvgIpc) is 2.23. The summed E-state index contributed by atoms with van der Waals surface area (Å²) in [5.41, 5.74) is 6.39. The molecule has 0 aliphatic carbocycles. The smallest absolute Gasteiger partial charge is 0.165 e. The minimum Gasteiger partial charge on any atom is -0.493 e. The molecule has 0 amide bonds. The highest BCUT2D eigenvalue weighted by Crippen LogP contribution is 2.31. The van der Waals surface area contributed by atoms with Gasteiger partial charge in [0.2, 0.25) is 0 Å². The molecular formula is C11H15BrFNO. The van der Waals surface area contributed by atoms with Gasteiger partial charge in [-0.2, -0.15) is 0 Å². The molecular weight excluding hydrogens is 261 g/mol. The molecule has 0 spiro atoms. The molecule has 0 aliphatic rings. The third-order valence-electron chi connectivity index (χ3n) is 2.31. The Morgan fingerprint density at radius 2 is 2.20 bits per heavy atom. The summed E-state index contributed by atoms with van der Waals surface area (Å²) >= 11 is 3.39. The normalized spacial score (nSPS) is 12.6. The van der Waals surface area contributed by atoms with Crippen molar-refractivity contribution in [3.05, 3.63) is 28.0 Å². The highest BCUT2D eigenvalue weighted by molar-refractivity contribution is 9.10. The fourth-order valence-electron chi connectivity index (χ4n) is 1.42. The minimum absolute atomic E-state index is 0.303. The monoisotopic (exact) mass is 275 g/mol. The van der Waals surface area contributed by atoms with Gasteiger partial charge in [-0.3, -0.25) is 0 Å². The highest BCUT2D eigenvalue weighted by atomic mass is 79.9. The summed E-state index contributed by atoms with van der Waals surface area (Å²) in [5.74, 6) is 0.279. The van der Waals surface area contributed by atoms with Crippen molar-refractivity contribution < 1.29 is 9.13 Å². The number of halogens is 2. The number of hydrogen-bond donors (Lipinski definition) is 1. The number of rotatable bonds is 4. The van der Waals surface area contributed by atoms with Crippen LogP contribution in [-0.2, 0) is 6.42 Å². The van der Waals surface area contributed by atoms with Gasteiger partial charge in [0.1, 0.15) is 0 Å². The van der Waals surface area contributed by atoms with E-state index in [4.69, 9.17) is 10.5 Å². The summed E-state index contributed by atoms with van der Waals surface area (Å²) in [6.07, 6.45) is 0.706. The summed E-state index contributed by atoms with van der Waals surface area (Å²) in [7, 11) is 1.47. The Bertz CT molecular complexity index is 344. The van der Waals surface area contributed by atoms with E-state index in [1.54, 1.807) is 6.07 Å². The molecule has 1 aromatic rings. The molecule has 15 heavy (non-hydrogen) atoms. The zero-order valence-electron chi connectivity index (χ0n) is 8.89. The predicted molar refractivity (Wildman–Crippen MR) is 62.6 cm³/mol. The van der Waals surface area contributed by atoms with Gasteiger partial charge in [-0.15, -0.1) is 0 Å². The van der Waals surface area contributed by atoms with Crippen LogP contribution < -0.4 is 10.5 Å². The van der Waals surface area contributed by atoms with E-state index in [9.17, 15) is 4.39 Å². The predicted octanol–water partition coefficient (Wildman–Crippen LogP) is 2.73. The van der Waals surface area contributed by atoms with E-state index in [0.29, 0.717) is 24.6 Å². The molecule has 0 aromatic heterocycles. The van der Waals surface area contributed by atoms with Crippen molar-refractivity contribution in [1.29, 1.82) is 0 Å². The molecule has 0 fully saturated rings. The summed E-state index contributed by atoms with van der Waals surface area (Å²) in [4.78, 5) is 0. The molecule has 2 N–H and O–H groups in total. The lowest BCUT2D eigenvalue weighted by Crippen LogP contribution is -2.14. The lowest BCUT2D eigenvalue weighted by molar-refractivity contribution is 0.377. The second-order valence-corrected chi connectivity index (χ2v) is 4.44. The van der Waals surface area contributed by atoms with Crippen molar-refractivity contribution in [3.63, 3.8) is 0 Å². The summed E-state index contributed by atoms with van der Waals surface area (Å²) in [6.45, 7) is 2.60. The molecule has 1 aromatic carbocycles. The zero-order valence-corrected chi connectivity index (χ0v) is 10.5. The van der Waals surface area contributed by atoms with Crippen molar-refractivity contribution in [1.82, 2.24) is 0 Å². The molecule has 1 unspecified atom stereocenters. The van der Waals surface area contributed by atoms with Gasteiger partial charge in [-0.05, 0) is 31.0 Å². The van der Waals surface area contributed by atoms with E-state index >= 15 is 0 Å². The Morgan fingerprint density at radius 1 is 1.53 bits per heavy atom. The van der Waals surface area contributed by atoms with E-state index in [0.717, 1.165) is 10.0 Å². The van der Waals surface area contributed by atoms with Gasteiger partial charge in [0.05, 0.1) is 7.11 Å². The number of methoxy groups -OCH3 is 1. The fourth-order valence-corrected chi connectivity index (χ4v) is 1.89. The second kappa shape index (κ2) is 5.47.